The number of amides is 1. The SMILES string of the molecule is C=CCn1c(S[C@@H](C)C(=O)Nc2nc(C)cs2)nnc1-c1ccccc1F. The number of thioether (sulfide) groups is 1. The smallest absolute Gasteiger partial charge is 0.239 e. The van der Waals surface area contributed by atoms with Crippen molar-refractivity contribution >= 4 is 34.1 Å². The molecule has 0 spiro atoms. The first-order valence-corrected chi connectivity index (χ1v) is 9.94. The average Bonchev–Trinajstić information content (AvgIpc) is 3.22. The minimum Gasteiger partial charge on any atom is -0.301 e. The van der Waals surface area contributed by atoms with Gasteiger partial charge < -0.3 is 5.32 Å². The van der Waals surface area contributed by atoms with Crippen LogP contribution in [0.4, 0.5) is 9.52 Å². The zero-order chi connectivity index (χ0) is 19.4. The molecule has 0 saturated carbocycles. The molecule has 0 aliphatic rings. The number of allylic oxidation sites excluding steroid dienone is 1. The molecule has 2 heterocycles. The third-order valence-corrected chi connectivity index (χ3v) is 5.60. The van der Waals surface area contributed by atoms with Gasteiger partial charge in [-0.1, -0.05) is 30.0 Å². The van der Waals surface area contributed by atoms with Crippen LogP contribution in [-0.4, -0.2) is 30.9 Å². The Balaban J connectivity index is 1.81. The third kappa shape index (κ3) is 4.42. The zero-order valence-electron chi connectivity index (χ0n) is 14.8. The minimum atomic E-state index is -0.435. The summed E-state index contributed by atoms with van der Waals surface area (Å²) in [5.41, 5.74) is 1.21. The predicted octanol–water partition coefficient (Wildman–Crippen LogP) is 4.15. The van der Waals surface area contributed by atoms with Crippen molar-refractivity contribution in [1.82, 2.24) is 19.7 Å². The van der Waals surface area contributed by atoms with Crippen LogP contribution >= 0.6 is 23.1 Å². The van der Waals surface area contributed by atoms with E-state index >= 15 is 0 Å². The number of hydrogen-bond acceptors (Lipinski definition) is 6. The van der Waals surface area contributed by atoms with E-state index in [2.05, 4.69) is 27.1 Å². The van der Waals surface area contributed by atoms with E-state index in [1.165, 1.54) is 29.2 Å². The molecule has 140 valence electrons. The van der Waals surface area contributed by atoms with Crippen LogP contribution in [0, 0.1) is 12.7 Å². The van der Waals surface area contributed by atoms with Crippen LogP contribution in [0.3, 0.4) is 0 Å². The molecule has 3 aromatic rings. The van der Waals surface area contributed by atoms with Gasteiger partial charge >= 0.3 is 0 Å². The van der Waals surface area contributed by atoms with Crippen molar-refractivity contribution in [2.24, 2.45) is 0 Å². The lowest BCUT2D eigenvalue weighted by atomic mass is 10.2. The monoisotopic (exact) mass is 403 g/mol. The topological polar surface area (TPSA) is 72.7 Å². The van der Waals surface area contributed by atoms with Crippen molar-refractivity contribution in [3.05, 3.63) is 53.8 Å². The van der Waals surface area contributed by atoms with Crippen LogP contribution in [0.25, 0.3) is 11.4 Å². The van der Waals surface area contributed by atoms with E-state index in [0.717, 1.165) is 5.69 Å². The largest absolute Gasteiger partial charge is 0.301 e. The Morgan fingerprint density at radius 1 is 1.44 bits per heavy atom. The molecule has 1 atom stereocenters. The molecule has 0 aliphatic heterocycles. The van der Waals surface area contributed by atoms with Gasteiger partial charge in [0.15, 0.2) is 16.1 Å². The molecule has 1 amide bonds. The number of aryl methyl sites for hydroxylation is 1. The summed E-state index contributed by atoms with van der Waals surface area (Å²) in [6.07, 6.45) is 1.68. The summed E-state index contributed by atoms with van der Waals surface area (Å²) >= 11 is 2.63. The number of benzene rings is 1. The summed E-state index contributed by atoms with van der Waals surface area (Å²) in [7, 11) is 0. The summed E-state index contributed by atoms with van der Waals surface area (Å²) in [5.74, 6) is -0.162. The highest BCUT2D eigenvalue weighted by molar-refractivity contribution is 8.00. The van der Waals surface area contributed by atoms with Gasteiger partial charge in [-0.25, -0.2) is 9.37 Å². The van der Waals surface area contributed by atoms with Gasteiger partial charge in [0.25, 0.3) is 0 Å². The van der Waals surface area contributed by atoms with Gasteiger partial charge in [-0.15, -0.1) is 28.1 Å². The summed E-state index contributed by atoms with van der Waals surface area (Å²) < 4.78 is 15.9. The summed E-state index contributed by atoms with van der Waals surface area (Å²) in [4.78, 5) is 16.7. The van der Waals surface area contributed by atoms with Gasteiger partial charge in [-0.3, -0.25) is 9.36 Å². The third-order valence-electron chi connectivity index (χ3n) is 3.64. The number of nitrogens with zero attached hydrogens (tertiary/aromatic N) is 4. The standard InChI is InChI=1S/C18H18FN5OS2/c1-4-9-24-15(13-7-5-6-8-14(13)19)22-23-18(24)27-12(3)16(25)21-17-20-11(2)10-26-17/h4-8,10,12H,1,9H2,2-3H3,(H,20,21,25)/t12-/m0/s1. The average molecular weight is 404 g/mol. The number of carbonyl (C=O) groups is 1. The fourth-order valence-corrected chi connectivity index (χ4v) is 3.89. The van der Waals surface area contributed by atoms with Crippen molar-refractivity contribution in [2.45, 2.75) is 30.8 Å². The molecule has 3 rings (SSSR count). The number of halogens is 1. The Kier molecular flexibility index (Phi) is 6.02. The molecule has 2 aromatic heterocycles. The van der Waals surface area contributed by atoms with Gasteiger partial charge in [-0.2, -0.15) is 0 Å². The quantitative estimate of drug-likeness (QED) is 0.474. The minimum absolute atomic E-state index is 0.185. The Morgan fingerprint density at radius 2 is 2.22 bits per heavy atom. The second-order valence-corrected chi connectivity index (χ2v) is 7.89. The number of aromatic nitrogens is 4. The van der Waals surface area contributed by atoms with E-state index in [-0.39, 0.29) is 11.7 Å². The molecule has 0 saturated heterocycles. The molecule has 0 fully saturated rings. The van der Waals surface area contributed by atoms with Gasteiger partial charge in [-0.05, 0) is 26.0 Å². The Labute approximate surface area is 164 Å². The lowest BCUT2D eigenvalue weighted by molar-refractivity contribution is -0.115. The summed E-state index contributed by atoms with van der Waals surface area (Å²) in [5, 5.41) is 13.6. The maximum Gasteiger partial charge on any atom is 0.239 e. The predicted molar refractivity (Wildman–Crippen MR) is 106 cm³/mol. The maximum atomic E-state index is 14.2. The molecule has 0 aliphatic carbocycles. The van der Waals surface area contributed by atoms with E-state index in [1.54, 1.807) is 35.8 Å². The van der Waals surface area contributed by atoms with E-state index in [0.29, 0.717) is 28.2 Å². The summed E-state index contributed by atoms with van der Waals surface area (Å²) in [6, 6.07) is 6.38. The highest BCUT2D eigenvalue weighted by atomic mass is 32.2. The van der Waals surface area contributed by atoms with Gasteiger partial charge in [0.05, 0.1) is 16.5 Å². The second-order valence-electron chi connectivity index (χ2n) is 5.73. The first kappa shape index (κ1) is 19.2. The maximum absolute atomic E-state index is 14.2. The van der Waals surface area contributed by atoms with Crippen LogP contribution in [0.15, 0.2) is 47.5 Å². The summed E-state index contributed by atoms with van der Waals surface area (Å²) in [6.45, 7) is 7.78. The van der Waals surface area contributed by atoms with E-state index < -0.39 is 5.25 Å². The van der Waals surface area contributed by atoms with Crippen LogP contribution in [0.2, 0.25) is 0 Å². The van der Waals surface area contributed by atoms with Gasteiger partial charge in [0, 0.05) is 11.9 Å². The molecule has 0 unspecified atom stereocenters. The first-order valence-electron chi connectivity index (χ1n) is 8.18. The molecular formula is C18H18FN5OS2. The molecule has 27 heavy (non-hydrogen) atoms. The molecule has 0 bridgehead atoms. The van der Waals surface area contributed by atoms with Gasteiger partial charge in [0.1, 0.15) is 5.82 Å². The Morgan fingerprint density at radius 3 is 2.89 bits per heavy atom. The van der Waals surface area contributed by atoms with Gasteiger partial charge in [0.2, 0.25) is 5.91 Å². The number of anilines is 1. The number of carbonyl (C=O) groups excluding carboxylic acids is 1. The number of nitrogens with one attached hydrogen (secondary N) is 1. The molecule has 1 N–H and O–H groups in total. The lowest BCUT2D eigenvalue weighted by Crippen LogP contribution is -2.22. The van der Waals surface area contributed by atoms with Crippen LogP contribution in [0.5, 0.6) is 0 Å². The number of rotatable bonds is 7. The zero-order valence-corrected chi connectivity index (χ0v) is 16.5. The van der Waals surface area contributed by atoms with Crippen LogP contribution in [-0.2, 0) is 11.3 Å². The van der Waals surface area contributed by atoms with Crippen molar-refractivity contribution in [3.63, 3.8) is 0 Å². The first-order chi connectivity index (χ1) is 13.0. The van der Waals surface area contributed by atoms with E-state index in [1.807, 2.05) is 12.3 Å². The van der Waals surface area contributed by atoms with Crippen molar-refractivity contribution in [2.75, 3.05) is 5.32 Å². The number of hydrogen-bond donors (Lipinski definition) is 1. The molecule has 0 radical (unpaired) electrons. The molecule has 6 nitrogen and oxygen atoms in total. The highest BCUT2D eigenvalue weighted by Gasteiger charge is 2.22. The van der Waals surface area contributed by atoms with Crippen LogP contribution in [0.1, 0.15) is 12.6 Å². The normalized spacial score (nSPS) is 12.0. The van der Waals surface area contributed by atoms with E-state index in [4.69, 9.17) is 0 Å². The van der Waals surface area contributed by atoms with E-state index in [9.17, 15) is 9.18 Å². The van der Waals surface area contributed by atoms with Crippen molar-refractivity contribution in [3.8, 4) is 11.4 Å². The van der Waals surface area contributed by atoms with Crippen molar-refractivity contribution in [1.29, 1.82) is 0 Å². The number of thiazole rings is 1. The molecule has 1 aromatic carbocycles. The Hall–Kier alpha value is -2.52. The van der Waals surface area contributed by atoms with Crippen molar-refractivity contribution < 1.29 is 9.18 Å². The van der Waals surface area contributed by atoms with Crippen LogP contribution < -0.4 is 5.32 Å². The lowest BCUT2D eigenvalue weighted by Gasteiger charge is -2.12. The fourth-order valence-electron chi connectivity index (χ4n) is 2.34. The Bertz CT molecular complexity index is 968. The molecule has 9 heteroatoms. The molecular weight excluding hydrogens is 385 g/mol. The second kappa shape index (κ2) is 8.45. The fraction of sp³-hybridized carbons (Fsp3) is 0.222. The highest BCUT2D eigenvalue weighted by Crippen LogP contribution is 2.29.